The summed E-state index contributed by atoms with van der Waals surface area (Å²) < 4.78 is 69.8. The highest BCUT2D eigenvalue weighted by Gasteiger charge is 2.57. The molecule has 0 aliphatic rings. The van der Waals surface area contributed by atoms with Crippen molar-refractivity contribution in [2.75, 3.05) is 13.7 Å². The maximum Gasteiger partial charge on any atom is 0.455 e. The zero-order valence-electron chi connectivity index (χ0n) is 10.3. The van der Waals surface area contributed by atoms with Gasteiger partial charge in [-0.2, -0.15) is 22.0 Å². The van der Waals surface area contributed by atoms with Gasteiger partial charge in [-0.25, -0.2) is 4.79 Å². The summed E-state index contributed by atoms with van der Waals surface area (Å²) in [5.41, 5.74) is 0.211. The minimum absolute atomic E-state index is 0.0466. The lowest BCUT2D eigenvalue weighted by molar-refractivity contribution is -0.297. The first-order valence-corrected chi connectivity index (χ1v) is 5.37. The average molecular weight is 298 g/mol. The van der Waals surface area contributed by atoms with Crippen LogP contribution in [0.25, 0.3) is 0 Å². The van der Waals surface area contributed by atoms with Crippen LogP contribution in [-0.2, 0) is 16.1 Å². The normalized spacial score (nSPS) is 12.3. The molecule has 8 heteroatoms. The van der Waals surface area contributed by atoms with Crippen molar-refractivity contribution in [2.24, 2.45) is 0 Å². The summed E-state index contributed by atoms with van der Waals surface area (Å²) in [7, 11) is 1.12. The number of alkyl halides is 5. The van der Waals surface area contributed by atoms with Crippen LogP contribution in [0.1, 0.15) is 15.9 Å². The van der Waals surface area contributed by atoms with Crippen LogP contribution in [0.15, 0.2) is 24.3 Å². The summed E-state index contributed by atoms with van der Waals surface area (Å²) >= 11 is 0. The van der Waals surface area contributed by atoms with Crippen molar-refractivity contribution in [1.29, 1.82) is 0 Å². The monoisotopic (exact) mass is 298 g/mol. The molecule has 0 aromatic heterocycles. The van der Waals surface area contributed by atoms with Gasteiger partial charge in [0.05, 0.1) is 19.3 Å². The Bertz CT molecular complexity index is 470. The molecule has 0 atom stereocenters. The van der Waals surface area contributed by atoms with Crippen molar-refractivity contribution in [3.8, 4) is 0 Å². The maximum absolute atomic E-state index is 12.6. The Hall–Kier alpha value is -1.70. The number of benzene rings is 1. The van der Waals surface area contributed by atoms with Gasteiger partial charge in [0.15, 0.2) is 0 Å². The van der Waals surface area contributed by atoms with E-state index in [-0.39, 0.29) is 11.1 Å². The van der Waals surface area contributed by atoms with Crippen molar-refractivity contribution < 1.29 is 36.2 Å². The van der Waals surface area contributed by atoms with Crippen molar-refractivity contribution in [1.82, 2.24) is 0 Å². The lowest BCUT2D eigenvalue weighted by Crippen LogP contribution is -2.40. The Morgan fingerprint density at radius 1 is 1.15 bits per heavy atom. The number of esters is 1. The van der Waals surface area contributed by atoms with E-state index in [4.69, 9.17) is 0 Å². The first kappa shape index (κ1) is 16.4. The molecule has 20 heavy (non-hydrogen) atoms. The molecule has 0 aliphatic carbocycles. The molecule has 0 heterocycles. The second-order valence-corrected chi connectivity index (χ2v) is 3.84. The second kappa shape index (κ2) is 6.17. The molecule has 1 rings (SSSR count). The van der Waals surface area contributed by atoms with Gasteiger partial charge in [0, 0.05) is 0 Å². The highest BCUT2D eigenvalue weighted by atomic mass is 19.4. The molecule has 0 saturated carbocycles. The predicted octanol–water partition coefficient (Wildman–Crippen LogP) is 3.19. The number of hydrogen-bond acceptors (Lipinski definition) is 3. The molecule has 3 nitrogen and oxygen atoms in total. The third-order valence-corrected chi connectivity index (χ3v) is 2.38. The van der Waals surface area contributed by atoms with Crippen LogP contribution in [0.3, 0.4) is 0 Å². The first-order chi connectivity index (χ1) is 9.19. The molecule has 0 unspecified atom stereocenters. The van der Waals surface area contributed by atoms with Crippen LogP contribution in [0.4, 0.5) is 22.0 Å². The smallest absolute Gasteiger partial charge is 0.455 e. The van der Waals surface area contributed by atoms with Crippen molar-refractivity contribution >= 4 is 5.97 Å². The average Bonchev–Trinajstić information content (AvgIpc) is 2.37. The summed E-state index contributed by atoms with van der Waals surface area (Å²) in [4.78, 5) is 11.3. The Morgan fingerprint density at radius 2 is 1.75 bits per heavy atom. The zero-order chi connectivity index (χ0) is 15.4. The summed E-state index contributed by atoms with van der Waals surface area (Å²) in [6.07, 6.45) is -5.67. The maximum atomic E-state index is 12.6. The fourth-order valence-corrected chi connectivity index (χ4v) is 1.33. The van der Waals surface area contributed by atoms with Gasteiger partial charge >= 0.3 is 18.1 Å². The number of carbonyl (C=O) groups excluding carboxylic acids is 1. The summed E-state index contributed by atoms with van der Waals surface area (Å²) in [5.74, 6) is -5.67. The number of ether oxygens (including phenoxy) is 2. The van der Waals surface area contributed by atoms with Gasteiger partial charge in [0.25, 0.3) is 0 Å². The molecule has 1 aromatic rings. The van der Waals surface area contributed by atoms with E-state index in [2.05, 4.69) is 9.47 Å². The Balaban J connectivity index is 2.70. The van der Waals surface area contributed by atoms with Gasteiger partial charge in [0.2, 0.25) is 0 Å². The standard InChI is InChI=1S/C12H11F5O3/c1-19-10(18)9-5-3-2-4-8(9)6-20-7-11(13,14)12(15,16)17/h2-5H,6-7H2,1H3. The molecule has 0 bridgehead atoms. The third kappa shape index (κ3) is 3.89. The Kier molecular flexibility index (Phi) is 5.04. The third-order valence-electron chi connectivity index (χ3n) is 2.38. The van der Waals surface area contributed by atoms with E-state index < -0.39 is 31.3 Å². The van der Waals surface area contributed by atoms with Gasteiger partial charge in [-0.15, -0.1) is 0 Å². The minimum atomic E-state index is -5.67. The van der Waals surface area contributed by atoms with Gasteiger partial charge in [-0.05, 0) is 11.6 Å². The Morgan fingerprint density at radius 3 is 2.30 bits per heavy atom. The van der Waals surface area contributed by atoms with Crippen molar-refractivity contribution in [3.63, 3.8) is 0 Å². The van der Waals surface area contributed by atoms with E-state index in [0.29, 0.717) is 0 Å². The van der Waals surface area contributed by atoms with Gasteiger partial charge in [-0.3, -0.25) is 0 Å². The van der Waals surface area contributed by atoms with E-state index in [1.165, 1.54) is 24.3 Å². The summed E-state index contributed by atoms with van der Waals surface area (Å²) in [6.45, 7) is -2.37. The topological polar surface area (TPSA) is 35.5 Å². The molecule has 0 fully saturated rings. The van der Waals surface area contributed by atoms with E-state index >= 15 is 0 Å². The summed E-state index contributed by atoms with van der Waals surface area (Å²) in [5, 5.41) is 0. The van der Waals surface area contributed by atoms with Gasteiger partial charge < -0.3 is 9.47 Å². The van der Waals surface area contributed by atoms with E-state index in [1.807, 2.05) is 0 Å². The highest BCUT2D eigenvalue weighted by molar-refractivity contribution is 5.90. The van der Waals surface area contributed by atoms with Gasteiger partial charge in [0.1, 0.15) is 6.61 Å². The van der Waals surface area contributed by atoms with Crippen LogP contribution in [0.2, 0.25) is 0 Å². The number of halogens is 5. The number of carbonyl (C=O) groups is 1. The SMILES string of the molecule is COC(=O)c1ccccc1COCC(F)(F)C(F)(F)F. The van der Waals surface area contributed by atoms with E-state index in [9.17, 15) is 26.7 Å². The lowest BCUT2D eigenvalue weighted by atomic mass is 10.1. The van der Waals surface area contributed by atoms with Gasteiger partial charge in [-0.1, -0.05) is 18.2 Å². The van der Waals surface area contributed by atoms with Crippen LogP contribution >= 0.6 is 0 Å². The number of rotatable bonds is 5. The highest BCUT2D eigenvalue weighted by Crippen LogP contribution is 2.35. The largest absolute Gasteiger partial charge is 0.465 e. The zero-order valence-corrected chi connectivity index (χ0v) is 10.3. The first-order valence-electron chi connectivity index (χ1n) is 5.37. The molecular weight excluding hydrogens is 287 g/mol. The number of hydrogen-bond donors (Lipinski definition) is 0. The minimum Gasteiger partial charge on any atom is -0.465 e. The number of methoxy groups -OCH3 is 1. The lowest BCUT2D eigenvalue weighted by Gasteiger charge is -2.19. The molecule has 0 radical (unpaired) electrons. The molecule has 0 aliphatic heterocycles. The molecular formula is C12H11F5O3. The molecule has 0 spiro atoms. The van der Waals surface area contributed by atoms with Crippen LogP contribution in [-0.4, -0.2) is 31.8 Å². The second-order valence-electron chi connectivity index (χ2n) is 3.84. The quantitative estimate of drug-likeness (QED) is 0.618. The fraction of sp³-hybridized carbons (Fsp3) is 0.417. The van der Waals surface area contributed by atoms with Crippen LogP contribution in [0.5, 0.6) is 0 Å². The van der Waals surface area contributed by atoms with Crippen molar-refractivity contribution in [2.45, 2.75) is 18.7 Å². The molecule has 1 aromatic carbocycles. The summed E-state index contributed by atoms with van der Waals surface area (Å²) in [6, 6.07) is 5.72. The Labute approximate surface area is 111 Å². The van der Waals surface area contributed by atoms with Crippen LogP contribution in [0, 0.1) is 0 Å². The molecule has 0 amide bonds. The van der Waals surface area contributed by atoms with E-state index in [1.54, 1.807) is 0 Å². The van der Waals surface area contributed by atoms with Crippen LogP contribution < -0.4 is 0 Å². The van der Waals surface area contributed by atoms with Crippen molar-refractivity contribution in [3.05, 3.63) is 35.4 Å². The van der Waals surface area contributed by atoms with E-state index in [0.717, 1.165) is 7.11 Å². The predicted molar refractivity (Wildman–Crippen MR) is 58.4 cm³/mol. The molecule has 112 valence electrons. The fourth-order valence-electron chi connectivity index (χ4n) is 1.33. The molecule has 0 saturated heterocycles. The molecule has 0 N–H and O–H groups in total.